The van der Waals surface area contributed by atoms with Gasteiger partial charge in [-0.15, -0.1) is 0 Å². The van der Waals surface area contributed by atoms with Crippen molar-refractivity contribution in [2.75, 3.05) is 18.5 Å². The van der Waals surface area contributed by atoms with Crippen LogP contribution in [0.4, 0.5) is 5.69 Å². The van der Waals surface area contributed by atoms with E-state index in [1.165, 1.54) is 19.1 Å². The van der Waals surface area contributed by atoms with Crippen molar-refractivity contribution in [3.05, 3.63) is 52.5 Å². The number of anilines is 1. The second kappa shape index (κ2) is 7.58. The quantitative estimate of drug-likeness (QED) is 0.811. The number of Topliss-reactive ketones (excluding diaryl/α,β-unsaturated/α-hetero) is 2. The zero-order chi connectivity index (χ0) is 18.7. The Morgan fingerprint density at radius 3 is 2.77 bits per heavy atom. The molecule has 0 aromatic heterocycles. The van der Waals surface area contributed by atoms with Gasteiger partial charge in [0, 0.05) is 6.42 Å². The first-order valence-electron chi connectivity index (χ1n) is 7.98. The van der Waals surface area contributed by atoms with Crippen molar-refractivity contribution in [1.29, 1.82) is 0 Å². The van der Waals surface area contributed by atoms with E-state index in [0.717, 1.165) is 0 Å². The number of rotatable bonds is 5. The summed E-state index contributed by atoms with van der Waals surface area (Å²) in [5.74, 6) is -0.256. The highest BCUT2D eigenvalue weighted by atomic mass is 35.5. The summed E-state index contributed by atoms with van der Waals surface area (Å²) in [5.41, 5.74) is 1.03. The normalized spacial score (nSPS) is 12.8. The summed E-state index contributed by atoms with van der Waals surface area (Å²) in [6.07, 6.45) is 0.237. The van der Waals surface area contributed by atoms with Crippen LogP contribution in [0.1, 0.15) is 34.1 Å². The van der Waals surface area contributed by atoms with Crippen molar-refractivity contribution in [2.24, 2.45) is 0 Å². The van der Waals surface area contributed by atoms with E-state index in [1.54, 1.807) is 24.3 Å². The highest BCUT2D eigenvalue weighted by Gasteiger charge is 2.25. The van der Waals surface area contributed by atoms with Crippen LogP contribution in [0.25, 0.3) is 0 Å². The van der Waals surface area contributed by atoms with Crippen LogP contribution >= 0.6 is 11.6 Å². The van der Waals surface area contributed by atoms with E-state index in [-0.39, 0.29) is 48.3 Å². The Hall–Kier alpha value is -2.86. The Bertz CT molecular complexity index is 876. The largest absolute Gasteiger partial charge is 0.492 e. The number of hydrogen-bond acceptors (Lipinski definition) is 5. The Morgan fingerprint density at radius 1 is 1.27 bits per heavy atom. The summed E-state index contributed by atoms with van der Waals surface area (Å²) in [5, 5.41) is 3.05. The van der Waals surface area contributed by atoms with E-state index in [1.807, 2.05) is 0 Å². The summed E-state index contributed by atoms with van der Waals surface area (Å²) >= 11 is 5.99. The lowest BCUT2D eigenvalue weighted by Crippen LogP contribution is -2.21. The van der Waals surface area contributed by atoms with E-state index in [2.05, 4.69) is 5.32 Å². The fourth-order valence-electron chi connectivity index (χ4n) is 2.59. The lowest BCUT2D eigenvalue weighted by Gasteiger charge is -2.20. The van der Waals surface area contributed by atoms with Gasteiger partial charge in [-0.2, -0.15) is 0 Å². The summed E-state index contributed by atoms with van der Waals surface area (Å²) in [7, 11) is 0. The molecular formula is C19H16ClNO5. The first kappa shape index (κ1) is 17.9. The molecule has 0 saturated heterocycles. The molecule has 0 radical (unpaired) electrons. The minimum absolute atomic E-state index is 0.125. The third-order valence-electron chi connectivity index (χ3n) is 3.84. The van der Waals surface area contributed by atoms with Crippen LogP contribution < -0.4 is 14.8 Å². The predicted octanol–water partition coefficient (Wildman–Crippen LogP) is 3.53. The van der Waals surface area contributed by atoms with Gasteiger partial charge in [-0.25, -0.2) is 0 Å². The van der Waals surface area contributed by atoms with Gasteiger partial charge in [-0.05, 0) is 31.2 Å². The van der Waals surface area contributed by atoms with Crippen LogP contribution in [0.15, 0.2) is 36.4 Å². The Labute approximate surface area is 155 Å². The molecule has 6 nitrogen and oxygen atoms in total. The molecule has 1 heterocycles. The number of halogens is 1. The van der Waals surface area contributed by atoms with Gasteiger partial charge in [0.05, 0.1) is 28.4 Å². The molecule has 134 valence electrons. The van der Waals surface area contributed by atoms with Gasteiger partial charge in [0.15, 0.2) is 18.2 Å². The van der Waals surface area contributed by atoms with E-state index in [0.29, 0.717) is 16.3 Å². The van der Waals surface area contributed by atoms with E-state index < -0.39 is 5.91 Å². The summed E-state index contributed by atoms with van der Waals surface area (Å²) in [6.45, 7) is 1.33. The fourth-order valence-corrected chi connectivity index (χ4v) is 2.77. The average Bonchev–Trinajstić information content (AvgIpc) is 2.62. The molecule has 2 aromatic carbocycles. The zero-order valence-corrected chi connectivity index (χ0v) is 14.8. The number of benzene rings is 2. The highest BCUT2D eigenvalue weighted by Crippen LogP contribution is 2.33. The molecule has 0 atom stereocenters. The molecule has 1 aliphatic rings. The van der Waals surface area contributed by atoms with E-state index in [4.69, 9.17) is 21.1 Å². The number of nitrogens with one attached hydrogen (secondary N) is 1. The number of amides is 1. The molecule has 3 rings (SSSR count). The highest BCUT2D eigenvalue weighted by molar-refractivity contribution is 6.33. The van der Waals surface area contributed by atoms with Gasteiger partial charge >= 0.3 is 0 Å². The fraction of sp³-hybridized carbons (Fsp3) is 0.211. The maximum atomic E-state index is 12.1. The van der Waals surface area contributed by atoms with Crippen molar-refractivity contribution in [2.45, 2.75) is 13.3 Å². The van der Waals surface area contributed by atoms with Crippen molar-refractivity contribution in [3.8, 4) is 11.5 Å². The second-order valence-electron chi connectivity index (χ2n) is 5.74. The molecule has 0 fully saturated rings. The van der Waals surface area contributed by atoms with Crippen LogP contribution in [0.5, 0.6) is 11.5 Å². The summed E-state index contributed by atoms with van der Waals surface area (Å²) < 4.78 is 10.9. The zero-order valence-electron chi connectivity index (χ0n) is 14.0. The molecular weight excluding hydrogens is 358 g/mol. The smallest absolute Gasteiger partial charge is 0.262 e. The van der Waals surface area contributed by atoms with Crippen LogP contribution in [-0.2, 0) is 4.79 Å². The number of carbonyl (C=O) groups is 3. The molecule has 1 N–H and O–H groups in total. The van der Waals surface area contributed by atoms with Gasteiger partial charge in [0.2, 0.25) is 0 Å². The molecule has 0 bridgehead atoms. The van der Waals surface area contributed by atoms with Crippen molar-refractivity contribution in [1.82, 2.24) is 0 Å². The third kappa shape index (κ3) is 3.86. The number of fused-ring (bicyclic) bond motifs is 1. The standard InChI is InChI=1S/C19H16ClNO5/c1-11(22)13-8-12(9-14-17(23)6-7-25-19(13)14)26-10-18(24)21-16-5-3-2-4-15(16)20/h2-5,8-9H,6-7,10H2,1H3,(H,21,24). The maximum absolute atomic E-state index is 12.1. The molecule has 1 aliphatic heterocycles. The SMILES string of the molecule is CC(=O)c1cc(OCC(=O)Nc2ccccc2Cl)cc2c1OCCC2=O. The lowest BCUT2D eigenvalue weighted by atomic mass is 9.99. The molecule has 1 amide bonds. The summed E-state index contributed by atoms with van der Waals surface area (Å²) in [6, 6.07) is 9.80. The van der Waals surface area contributed by atoms with Crippen LogP contribution in [0.2, 0.25) is 5.02 Å². The van der Waals surface area contributed by atoms with Crippen molar-refractivity contribution in [3.63, 3.8) is 0 Å². The third-order valence-corrected chi connectivity index (χ3v) is 4.17. The molecule has 0 unspecified atom stereocenters. The Kier molecular flexibility index (Phi) is 5.23. The molecule has 26 heavy (non-hydrogen) atoms. The van der Waals surface area contributed by atoms with E-state index >= 15 is 0 Å². The number of hydrogen-bond donors (Lipinski definition) is 1. The first-order valence-corrected chi connectivity index (χ1v) is 8.35. The average molecular weight is 374 g/mol. The van der Waals surface area contributed by atoms with Gasteiger partial charge in [-0.3, -0.25) is 14.4 Å². The molecule has 0 spiro atoms. The molecule has 2 aromatic rings. The first-order chi connectivity index (χ1) is 12.5. The number of ether oxygens (including phenoxy) is 2. The topological polar surface area (TPSA) is 81.7 Å². The minimum atomic E-state index is -0.414. The van der Waals surface area contributed by atoms with Crippen LogP contribution in [-0.4, -0.2) is 30.7 Å². The van der Waals surface area contributed by atoms with Gasteiger partial charge in [0.1, 0.15) is 11.5 Å². The summed E-state index contributed by atoms with van der Waals surface area (Å²) in [4.78, 5) is 36.0. The maximum Gasteiger partial charge on any atom is 0.262 e. The lowest BCUT2D eigenvalue weighted by molar-refractivity contribution is -0.118. The number of carbonyl (C=O) groups excluding carboxylic acids is 3. The van der Waals surface area contributed by atoms with Crippen molar-refractivity contribution >= 4 is 34.8 Å². The molecule has 0 aliphatic carbocycles. The Morgan fingerprint density at radius 2 is 2.04 bits per heavy atom. The predicted molar refractivity (Wildman–Crippen MR) is 96.5 cm³/mol. The van der Waals surface area contributed by atoms with E-state index in [9.17, 15) is 14.4 Å². The Balaban J connectivity index is 1.76. The monoisotopic (exact) mass is 373 g/mol. The number of para-hydroxylation sites is 1. The van der Waals surface area contributed by atoms with Crippen molar-refractivity contribution < 1.29 is 23.9 Å². The van der Waals surface area contributed by atoms with Gasteiger partial charge in [0.25, 0.3) is 5.91 Å². The molecule has 0 saturated carbocycles. The van der Waals surface area contributed by atoms with Crippen LogP contribution in [0, 0.1) is 0 Å². The second-order valence-corrected chi connectivity index (χ2v) is 6.15. The van der Waals surface area contributed by atoms with Gasteiger partial charge in [-0.1, -0.05) is 23.7 Å². The number of ketones is 2. The minimum Gasteiger partial charge on any atom is -0.492 e. The van der Waals surface area contributed by atoms with Crippen LogP contribution in [0.3, 0.4) is 0 Å². The molecule has 7 heteroatoms. The van der Waals surface area contributed by atoms with Gasteiger partial charge < -0.3 is 14.8 Å².